The van der Waals surface area contributed by atoms with Gasteiger partial charge in [-0.15, -0.1) is 0 Å². The zero-order chi connectivity index (χ0) is 12.5. The van der Waals surface area contributed by atoms with Gasteiger partial charge in [0.05, 0.1) is 5.60 Å². The highest BCUT2D eigenvalue weighted by Gasteiger charge is 2.36. The van der Waals surface area contributed by atoms with Crippen LogP contribution in [0.5, 0.6) is 0 Å². The normalized spacial score (nSPS) is 26.1. The minimum absolute atomic E-state index is 0.0811. The second-order valence-electron chi connectivity index (χ2n) is 4.78. The molecule has 0 aliphatic carbocycles. The van der Waals surface area contributed by atoms with E-state index in [0.29, 0.717) is 16.5 Å². The van der Waals surface area contributed by atoms with Crippen LogP contribution in [0.1, 0.15) is 25.3 Å². The summed E-state index contributed by atoms with van der Waals surface area (Å²) in [5.41, 5.74) is 6.91. The average molecular weight is 274 g/mol. The number of halogens is 2. The van der Waals surface area contributed by atoms with Gasteiger partial charge in [0.25, 0.3) is 0 Å². The van der Waals surface area contributed by atoms with E-state index in [4.69, 9.17) is 33.7 Å². The fraction of sp³-hybridized carbons (Fsp3) is 0.538. The molecule has 4 heteroatoms. The number of hydrogen-bond donors (Lipinski definition) is 1. The first-order chi connectivity index (χ1) is 8.03. The highest BCUT2D eigenvalue weighted by atomic mass is 35.5. The molecule has 1 heterocycles. The quantitative estimate of drug-likeness (QED) is 0.916. The van der Waals surface area contributed by atoms with Gasteiger partial charge in [-0.3, -0.25) is 0 Å². The third-order valence-corrected chi connectivity index (χ3v) is 4.23. The number of benzene rings is 1. The van der Waals surface area contributed by atoms with Crippen molar-refractivity contribution in [1.29, 1.82) is 0 Å². The lowest BCUT2D eigenvalue weighted by molar-refractivity contribution is -0.000891. The van der Waals surface area contributed by atoms with E-state index in [1.54, 1.807) is 0 Å². The first kappa shape index (κ1) is 13.2. The summed E-state index contributed by atoms with van der Waals surface area (Å²) in [6.07, 6.45) is 2.71. The Hall–Kier alpha value is -0.280. The molecule has 1 saturated heterocycles. The lowest BCUT2D eigenvalue weighted by atomic mass is 9.89. The van der Waals surface area contributed by atoms with E-state index < -0.39 is 0 Å². The standard InChI is InChI=1S/C13H17Cl2NO/c1-13(6-3-7-17-13)12(16)8-9-10(14)4-2-5-11(9)15/h2,4-5,12H,3,6-8,16H2,1H3. The van der Waals surface area contributed by atoms with Gasteiger partial charge >= 0.3 is 0 Å². The Labute approximate surface area is 112 Å². The number of hydrogen-bond acceptors (Lipinski definition) is 2. The van der Waals surface area contributed by atoms with Gasteiger partial charge in [0.15, 0.2) is 0 Å². The van der Waals surface area contributed by atoms with Crippen molar-refractivity contribution in [3.8, 4) is 0 Å². The van der Waals surface area contributed by atoms with Gasteiger partial charge in [-0.2, -0.15) is 0 Å². The van der Waals surface area contributed by atoms with Crippen LogP contribution in [0.15, 0.2) is 18.2 Å². The topological polar surface area (TPSA) is 35.2 Å². The van der Waals surface area contributed by atoms with Crippen molar-refractivity contribution in [2.45, 2.75) is 37.8 Å². The van der Waals surface area contributed by atoms with Crippen molar-refractivity contribution < 1.29 is 4.74 Å². The molecule has 1 aliphatic rings. The van der Waals surface area contributed by atoms with Gasteiger partial charge < -0.3 is 10.5 Å². The maximum atomic E-state index is 6.24. The molecule has 17 heavy (non-hydrogen) atoms. The van der Waals surface area contributed by atoms with Crippen molar-refractivity contribution in [1.82, 2.24) is 0 Å². The third-order valence-electron chi connectivity index (χ3n) is 3.52. The van der Waals surface area contributed by atoms with Crippen LogP contribution in [0, 0.1) is 0 Å². The molecule has 1 fully saturated rings. The van der Waals surface area contributed by atoms with Crippen molar-refractivity contribution in [2.24, 2.45) is 5.73 Å². The maximum Gasteiger partial charge on any atom is 0.0808 e. The summed E-state index contributed by atoms with van der Waals surface area (Å²) in [6.45, 7) is 2.86. The summed E-state index contributed by atoms with van der Waals surface area (Å²) in [5, 5.41) is 1.35. The fourth-order valence-corrected chi connectivity index (χ4v) is 2.81. The molecule has 0 saturated carbocycles. The molecule has 2 nitrogen and oxygen atoms in total. The van der Waals surface area contributed by atoms with E-state index in [1.165, 1.54) is 0 Å². The Morgan fingerprint density at radius 2 is 2.06 bits per heavy atom. The van der Waals surface area contributed by atoms with Gasteiger partial charge in [0.2, 0.25) is 0 Å². The molecular formula is C13H17Cl2NO. The molecule has 2 unspecified atom stereocenters. The molecule has 94 valence electrons. The van der Waals surface area contributed by atoms with Gasteiger partial charge in [-0.1, -0.05) is 29.3 Å². The van der Waals surface area contributed by atoms with Crippen LogP contribution in [-0.2, 0) is 11.2 Å². The minimum Gasteiger partial charge on any atom is -0.374 e. The summed E-state index contributed by atoms with van der Waals surface area (Å²) in [4.78, 5) is 0. The molecule has 2 N–H and O–H groups in total. The van der Waals surface area contributed by atoms with E-state index in [-0.39, 0.29) is 11.6 Å². The van der Waals surface area contributed by atoms with Crippen LogP contribution >= 0.6 is 23.2 Å². The van der Waals surface area contributed by atoms with Crippen LogP contribution in [0.25, 0.3) is 0 Å². The molecule has 0 spiro atoms. The highest BCUT2D eigenvalue weighted by Crippen LogP contribution is 2.32. The lowest BCUT2D eigenvalue weighted by Crippen LogP contribution is -2.46. The van der Waals surface area contributed by atoms with Crippen molar-refractivity contribution in [3.63, 3.8) is 0 Å². The van der Waals surface area contributed by atoms with Crippen molar-refractivity contribution >= 4 is 23.2 Å². The SMILES string of the molecule is CC1(C(N)Cc2c(Cl)cccc2Cl)CCCO1. The van der Waals surface area contributed by atoms with E-state index in [2.05, 4.69) is 6.92 Å². The van der Waals surface area contributed by atoms with Crippen molar-refractivity contribution in [3.05, 3.63) is 33.8 Å². The largest absolute Gasteiger partial charge is 0.374 e. The number of rotatable bonds is 3. The van der Waals surface area contributed by atoms with Crippen LogP contribution in [0.2, 0.25) is 10.0 Å². The summed E-state index contributed by atoms with van der Waals surface area (Å²) in [5.74, 6) is 0. The van der Waals surface area contributed by atoms with E-state index in [1.807, 2.05) is 18.2 Å². The maximum absolute atomic E-state index is 6.24. The molecule has 1 aromatic rings. The van der Waals surface area contributed by atoms with Crippen LogP contribution in [-0.4, -0.2) is 18.2 Å². The molecule has 2 atom stereocenters. The van der Waals surface area contributed by atoms with Crippen LogP contribution < -0.4 is 5.73 Å². The Morgan fingerprint density at radius 1 is 1.41 bits per heavy atom. The highest BCUT2D eigenvalue weighted by molar-refractivity contribution is 6.36. The molecule has 2 rings (SSSR count). The smallest absolute Gasteiger partial charge is 0.0808 e. The van der Waals surface area contributed by atoms with E-state index in [9.17, 15) is 0 Å². The Morgan fingerprint density at radius 3 is 2.59 bits per heavy atom. The Bertz CT molecular complexity index is 382. The molecular weight excluding hydrogens is 257 g/mol. The molecule has 1 aromatic carbocycles. The molecule has 0 bridgehead atoms. The first-order valence-corrected chi connectivity index (χ1v) is 6.61. The molecule has 1 aliphatic heterocycles. The van der Waals surface area contributed by atoms with Gasteiger partial charge in [-0.25, -0.2) is 0 Å². The average Bonchev–Trinajstić information content (AvgIpc) is 2.72. The fourth-order valence-electron chi connectivity index (χ4n) is 2.26. The monoisotopic (exact) mass is 273 g/mol. The Kier molecular flexibility index (Phi) is 3.99. The van der Waals surface area contributed by atoms with Gasteiger partial charge in [-0.05, 0) is 43.9 Å². The van der Waals surface area contributed by atoms with Gasteiger partial charge in [0.1, 0.15) is 0 Å². The summed E-state index contributed by atoms with van der Waals surface area (Å²) in [6, 6.07) is 5.44. The first-order valence-electron chi connectivity index (χ1n) is 5.85. The number of nitrogens with two attached hydrogens (primary N) is 1. The third kappa shape index (κ3) is 2.76. The second-order valence-corrected chi connectivity index (χ2v) is 5.59. The zero-order valence-electron chi connectivity index (χ0n) is 9.88. The second kappa shape index (κ2) is 5.15. The minimum atomic E-state index is -0.248. The summed E-state index contributed by atoms with van der Waals surface area (Å²) >= 11 is 12.3. The predicted octanol–water partition coefficient (Wildman–Crippen LogP) is 3.43. The molecule has 0 radical (unpaired) electrons. The zero-order valence-corrected chi connectivity index (χ0v) is 11.4. The van der Waals surface area contributed by atoms with Crippen molar-refractivity contribution in [2.75, 3.05) is 6.61 Å². The molecule has 0 amide bonds. The van der Waals surface area contributed by atoms with Crippen LogP contribution in [0.3, 0.4) is 0 Å². The number of ether oxygens (including phenoxy) is 1. The van der Waals surface area contributed by atoms with Gasteiger partial charge in [0, 0.05) is 22.7 Å². The van der Waals surface area contributed by atoms with E-state index in [0.717, 1.165) is 25.0 Å². The van der Waals surface area contributed by atoms with Crippen LogP contribution in [0.4, 0.5) is 0 Å². The summed E-state index contributed by atoms with van der Waals surface area (Å²) in [7, 11) is 0. The Balaban J connectivity index is 2.15. The predicted molar refractivity (Wildman–Crippen MR) is 71.7 cm³/mol. The van der Waals surface area contributed by atoms with E-state index >= 15 is 0 Å². The lowest BCUT2D eigenvalue weighted by Gasteiger charge is -2.30. The summed E-state index contributed by atoms with van der Waals surface area (Å²) < 4.78 is 5.74. The molecule has 0 aromatic heterocycles.